The monoisotopic (exact) mass is 294 g/mol. The summed E-state index contributed by atoms with van der Waals surface area (Å²) in [4.78, 5) is 25.9. The number of hydrogen-bond donors (Lipinski definition) is 2. The van der Waals surface area contributed by atoms with Gasteiger partial charge in [0.05, 0.1) is 0 Å². The number of aromatic nitrogens is 1. The topological polar surface area (TPSA) is 79.3 Å². The van der Waals surface area contributed by atoms with E-state index in [-0.39, 0.29) is 12.8 Å². The predicted octanol–water partition coefficient (Wildman–Crippen LogP) is 1.90. The highest BCUT2D eigenvalue weighted by atomic mass is 32.1. The Balaban J connectivity index is 2.12. The molecule has 0 atom stereocenters. The van der Waals surface area contributed by atoms with E-state index in [0.29, 0.717) is 17.8 Å². The smallest absolute Gasteiger partial charge is 0.443 e. The third-order valence-corrected chi connectivity index (χ3v) is 3.84. The van der Waals surface area contributed by atoms with Crippen LogP contribution in [0.1, 0.15) is 34.8 Å². The second-order valence-corrected chi connectivity index (χ2v) is 5.09. The standard InChI is InChI=1S/C10H9F3N2O3S/c11-10(12,13)7-14-5(4-19-7)6(16)15-9(8(17)18)2-1-3-9/h4H,1-3H2,(H,15,16)(H,17,18). The number of carboxylic acids is 1. The van der Waals surface area contributed by atoms with Crippen molar-refractivity contribution in [2.45, 2.75) is 31.0 Å². The minimum Gasteiger partial charge on any atom is -0.480 e. The Morgan fingerprint density at radius 3 is 2.42 bits per heavy atom. The zero-order valence-corrected chi connectivity index (χ0v) is 10.3. The normalized spacial score (nSPS) is 17.6. The number of carbonyl (C=O) groups is 2. The van der Waals surface area contributed by atoms with Crippen molar-refractivity contribution in [3.8, 4) is 0 Å². The fourth-order valence-corrected chi connectivity index (χ4v) is 2.38. The first-order valence-corrected chi connectivity index (χ1v) is 6.21. The number of rotatable bonds is 3. The van der Waals surface area contributed by atoms with Crippen LogP contribution in [0.4, 0.5) is 13.2 Å². The molecule has 1 heterocycles. The van der Waals surface area contributed by atoms with Crippen LogP contribution >= 0.6 is 11.3 Å². The summed E-state index contributed by atoms with van der Waals surface area (Å²) in [5, 5.41) is 11.1. The number of hydrogen-bond acceptors (Lipinski definition) is 4. The molecule has 19 heavy (non-hydrogen) atoms. The van der Waals surface area contributed by atoms with E-state index >= 15 is 0 Å². The van der Waals surface area contributed by atoms with Crippen LogP contribution in [0.25, 0.3) is 0 Å². The summed E-state index contributed by atoms with van der Waals surface area (Å²) in [5.41, 5.74) is -1.77. The van der Waals surface area contributed by atoms with Crippen LogP contribution in [-0.2, 0) is 11.0 Å². The maximum absolute atomic E-state index is 12.3. The van der Waals surface area contributed by atoms with Crippen LogP contribution in [-0.4, -0.2) is 27.5 Å². The molecule has 9 heteroatoms. The highest BCUT2D eigenvalue weighted by molar-refractivity contribution is 7.09. The van der Waals surface area contributed by atoms with Crippen LogP contribution in [0.2, 0.25) is 0 Å². The number of halogens is 3. The summed E-state index contributed by atoms with van der Waals surface area (Å²) in [5.74, 6) is -2.08. The molecule has 1 aromatic heterocycles. The molecule has 1 fully saturated rings. The Morgan fingerprint density at radius 1 is 1.42 bits per heavy atom. The molecule has 1 aromatic rings. The number of carbonyl (C=O) groups excluding carboxylic acids is 1. The van der Waals surface area contributed by atoms with Gasteiger partial charge in [-0.15, -0.1) is 11.3 Å². The number of nitrogens with one attached hydrogen (secondary N) is 1. The van der Waals surface area contributed by atoms with Crippen molar-refractivity contribution in [2.24, 2.45) is 0 Å². The molecule has 104 valence electrons. The Labute approximate surface area is 109 Å². The lowest BCUT2D eigenvalue weighted by molar-refractivity contribution is -0.148. The molecule has 0 radical (unpaired) electrons. The van der Waals surface area contributed by atoms with Crippen molar-refractivity contribution >= 4 is 23.2 Å². The molecule has 0 aromatic carbocycles. The lowest BCUT2D eigenvalue weighted by Gasteiger charge is -2.37. The minimum atomic E-state index is -4.61. The van der Waals surface area contributed by atoms with E-state index < -0.39 is 34.3 Å². The molecular weight excluding hydrogens is 285 g/mol. The first kappa shape index (κ1) is 13.8. The average Bonchev–Trinajstić information content (AvgIpc) is 2.70. The van der Waals surface area contributed by atoms with E-state index in [1.54, 1.807) is 0 Å². The fourth-order valence-electron chi connectivity index (χ4n) is 1.71. The van der Waals surface area contributed by atoms with Crippen molar-refractivity contribution < 1.29 is 27.9 Å². The number of amides is 1. The van der Waals surface area contributed by atoms with Gasteiger partial charge in [-0.25, -0.2) is 9.78 Å². The van der Waals surface area contributed by atoms with Gasteiger partial charge in [0, 0.05) is 5.38 Å². The highest BCUT2D eigenvalue weighted by Gasteiger charge is 2.46. The van der Waals surface area contributed by atoms with Gasteiger partial charge < -0.3 is 10.4 Å². The first-order chi connectivity index (χ1) is 8.74. The predicted molar refractivity (Wildman–Crippen MR) is 58.8 cm³/mol. The maximum atomic E-state index is 12.3. The SMILES string of the molecule is O=C(NC1(C(=O)O)CCC1)c1csc(C(F)(F)F)n1. The molecule has 1 saturated carbocycles. The molecule has 2 N–H and O–H groups in total. The fraction of sp³-hybridized carbons (Fsp3) is 0.500. The summed E-state index contributed by atoms with van der Waals surface area (Å²) in [6.45, 7) is 0. The Bertz CT molecular complexity index is 522. The molecule has 1 aliphatic carbocycles. The molecule has 2 rings (SSSR count). The van der Waals surface area contributed by atoms with E-state index in [4.69, 9.17) is 5.11 Å². The van der Waals surface area contributed by atoms with Gasteiger partial charge in [0.1, 0.15) is 11.2 Å². The van der Waals surface area contributed by atoms with Crippen LogP contribution in [0.3, 0.4) is 0 Å². The zero-order chi connectivity index (χ0) is 14.3. The lowest BCUT2D eigenvalue weighted by Crippen LogP contribution is -2.59. The summed E-state index contributed by atoms with van der Waals surface area (Å²) in [6, 6.07) is 0. The van der Waals surface area contributed by atoms with Gasteiger partial charge >= 0.3 is 12.1 Å². The number of alkyl halides is 3. The minimum absolute atomic E-state index is 0.268. The average molecular weight is 294 g/mol. The molecule has 0 bridgehead atoms. The van der Waals surface area contributed by atoms with Gasteiger partial charge in [-0.2, -0.15) is 13.2 Å². The Hall–Kier alpha value is -1.64. The Morgan fingerprint density at radius 2 is 2.05 bits per heavy atom. The maximum Gasteiger partial charge on any atom is 0.443 e. The van der Waals surface area contributed by atoms with Crippen LogP contribution < -0.4 is 5.32 Å². The van der Waals surface area contributed by atoms with E-state index in [1.807, 2.05) is 0 Å². The number of thiazole rings is 1. The lowest BCUT2D eigenvalue weighted by atomic mass is 9.76. The van der Waals surface area contributed by atoms with Crippen LogP contribution in [0.5, 0.6) is 0 Å². The summed E-state index contributed by atoms with van der Waals surface area (Å²) >= 11 is 0.300. The zero-order valence-electron chi connectivity index (χ0n) is 9.45. The van der Waals surface area contributed by atoms with E-state index in [9.17, 15) is 22.8 Å². The van der Waals surface area contributed by atoms with Crippen LogP contribution in [0, 0.1) is 0 Å². The van der Waals surface area contributed by atoms with Gasteiger partial charge in [0.25, 0.3) is 5.91 Å². The molecule has 0 spiro atoms. The summed E-state index contributed by atoms with van der Waals surface area (Å²) < 4.78 is 37.0. The van der Waals surface area contributed by atoms with E-state index in [0.717, 1.165) is 5.38 Å². The third kappa shape index (κ3) is 2.55. The highest BCUT2D eigenvalue weighted by Crippen LogP contribution is 2.34. The van der Waals surface area contributed by atoms with Crippen molar-refractivity contribution in [3.63, 3.8) is 0 Å². The molecule has 0 unspecified atom stereocenters. The summed E-state index contributed by atoms with van der Waals surface area (Å²) in [6.07, 6.45) is -3.42. The second kappa shape index (κ2) is 4.48. The van der Waals surface area contributed by atoms with Crippen molar-refractivity contribution in [1.29, 1.82) is 0 Å². The molecule has 1 amide bonds. The second-order valence-electron chi connectivity index (χ2n) is 4.23. The van der Waals surface area contributed by atoms with Crippen molar-refractivity contribution in [2.75, 3.05) is 0 Å². The molecule has 5 nitrogen and oxygen atoms in total. The van der Waals surface area contributed by atoms with E-state index in [2.05, 4.69) is 10.3 Å². The van der Waals surface area contributed by atoms with Crippen molar-refractivity contribution in [1.82, 2.24) is 10.3 Å². The quantitative estimate of drug-likeness (QED) is 0.892. The van der Waals surface area contributed by atoms with Gasteiger partial charge in [0.2, 0.25) is 0 Å². The van der Waals surface area contributed by atoms with Gasteiger partial charge in [-0.05, 0) is 19.3 Å². The number of nitrogens with zero attached hydrogens (tertiary/aromatic N) is 1. The summed E-state index contributed by atoms with van der Waals surface area (Å²) in [7, 11) is 0. The van der Waals surface area contributed by atoms with Crippen molar-refractivity contribution in [3.05, 3.63) is 16.1 Å². The van der Waals surface area contributed by atoms with Crippen LogP contribution in [0.15, 0.2) is 5.38 Å². The van der Waals surface area contributed by atoms with Gasteiger partial charge in [0.15, 0.2) is 5.01 Å². The number of aliphatic carboxylic acids is 1. The molecular formula is C10H9F3N2O3S. The number of carboxylic acid groups (broad SMARTS) is 1. The Kier molecular flexibility index (Phi) is 3.25. The molecule has 0 saturated heterocycles. The largest absolute Gasteiger partial charge is 0.480 e. The third-order valence-electron chi connectivity index (χ3n) is 2.95. The molecule has 0 aliphatic heterocycles. The first-order valence-electron chi connectivity index (χ1n) is 5.33. The molecule has 1 aliphatic rings. The van der Waals surface area contributed by atoms with Gasteiger partial charge in [-0.3, -0.25) is 4.79 Å². The van der Waals surface area contributed by atoms with E-state index in [1.165, 1.54) is 0 Å². The van der Waals surface area contributed by atoms with Gasteiger partial charge in [-0.1, -0.05) is 0 Å².